The fourth-order valence-corrected chi connectivity index (χ4v) is 1.53. The van der Waals surface area contributed by atoms with E-state index in [1.807, 2.05) is 0 Å². The molecular formula is C8H14O4. The number of carbonyl (C=O) groups is 1. The van der Waals surface area contributed by atoms with Gasteiger partial charge in [-0.1, -0.05) is 0 Å². The number of aliphatic hydroxyl groups is 2. The van der Waals surface area contributed by atoms with Crippen LogP contribution in [-0.2, 0) is 9.53 Å². The molecule has 1 fully saturated rings. The Balaban J connectivity index is 2.39. The van der Waals surface area contributed by atoms with E-state index in [4.69, 9.17) is 14.9 Å². The van der Waals surface area contributed by atoms with Crippen molar-refractivity contribution in [2.45, 2.75) is 6.92 Å². The summed E-state index contributed by atoms with van der Waals surface area (Å²) in [5.74, 6) is -0.751. The summed E-state index contributed by atoms with van der Waals surface area (Å²) in [6.45, 7) is 2.00. The van der Waals surface area contributed by atoms with Crippen LogP contribution in [0.1, 0.15) is 6.92 Å². The molecule has 12 heavy (non-hydrogen) atoms. The van der Waals surface area contributed by atoms with Gasteiger partial charge in [0, 0.05) is 25.0 Å². The zero-order valence-electron chi connectivity index (χ0n) is 7.06. The summed E-state index contributed by atoms with van der Waals surface area (Å²) >= 11 is 0. The molecule has 0 aliphatic heterocycles. The number of carbonyl (C=O) groups excluding carboxylic acids is 1. The third-order valence-corrected chi connectivity index (χ3v) is 2.31. The lowest BCUT2D eigenvalue weighted by Gasteiger charge is -1.98. The van der Waals surface area contributed by atoms with E-state index in [0.717, 1.165) is 0 Å². The summed E-state index contributed by atoms with van der Waals surface area (Å²) in [4.78, 5) is 11.1. The average molecular weight is 174 g/mol. The molecule has 4 heteroatoms. The van der Waals surface area contributed by atoms with E-state index in [1.165, 1.54) is 0 Å². The van der Waals surface area contributed by atoms with Crippen LogP contribution in [0.3, 0.4) is 0 Å². The summed E-state index contributed by atoms with van der Waals surface area (Å²) in [5, 5.41) is 17.6. The second kappa shape index (κ2) is 3.87. The van der Waals surface area contributed by atoms with Gasteiger partial charge in [-0.2, -0.15) is 0 Å². The van der Waals surface area contributed by atoms with Crippen LogP contribution >= 0.6 is 0 Å². The van der Waals surface area contributed by atoms with Gasteiger partial charge in [0.15, 0.2) is 0 Å². The van der Waals surface area contributed by atoms with Crippen LogP contribution in [0.5, 0.6) is 0 Å². The van der Waals surface area contributed by atoms with Gasteiger partial charge in [-0.25, -0.2) is 0 Å². The Morgan fingerprint density at radius 2 is 1.83 bits per heavy atom. The van der Waals surface area contributed by atoms with Crippen molar-refractivity contribution in [1.82, 2.24) is 0 Å². The molecule has 0 bridgehead atoms. The first kappa shape index (κ1) is 9.48. The van der Waals surface area contributed by atoms with Gasteiger partial charge in [-0.3, -0.25) is 4.79 Å². The maximum absolute atomic E-state index is 11.1. The lowest BCUT2D eigenvalue weighted by atomic mass is 10.3. The SMILES string of the molecule is CCOC(=O)C1[C@@H](CO)[C@H]1CO. The maximum atomic E-state index is 11.1. The number of hydrogen-bond donors (Lipinski definition) is 2. The first-order chi connectivity index (χ1) is 5.76. The van der Waals surface area contributed by atoms with Crippen LogP contribution in [0, 0.1) is 17.8 Å². The van der Waals surface area contributed by atoms with Gasteiger partial charge >= 0.3 is 5.97 Å². The largest absolute Gasteiger partial charge is 0.466 e. The Kier molecular flexibility index (Phi) is 3.05. The van der Waals surface area contributed by atoms with Crippen LogP contribution < -0.4 is 0 Å². The first-order valence-corrected chi connectivity index (χ1v) is 4.14. The fraction of sp³-hybridized carbons (Fsp3) is 0.875. The first-order valence-electron chi connectivity index (χ1n) is 4.14. The molecule has 0 aromatic carbocycles. The quantitative estimate of drug-likeness (QED) is 0.558. The Bertz CT molecular complexity index is 158. The fourth-order valence-electron chi connectivity index (χ4n) is 1.53. The van der Waals surface area contributed by atoms with Crippen LogP contribution in [0.2, 0.25) is 0 Å². The number of ether oxygens (including phenoxy) is 1. The molecule has 4 nitrogen and oxygen atoms in total. The molecule has 0 aromatic rings. The minimum Gasteiger partial charge on any atom is -0.466 e. The van der Waals surface area contributed by atoms with E-state index in [2.05, 4.69) is 0 Å². The van der Waals surface area contributed by atoms with Gasteiger partial charge in [0.1, 0.15) is 0 Å². The van der Waals surface area contributed by atoms with E-state index in [1.54, 1.807) is 6.92 Å². The number of hydrogen-bond acceptors (Lipinski definition) is 4. The lowest BCUT2D eigenvalue weighted by molar-refractivity contribution is -0.145. The Labute approximate surface area is 71.2 Å². The van der Waals surface area contributed by atoms with Crippen molar-refractivity contribution < 1.29 is 19.7 Å². The second-order valence-electron chi connectivity index (χ2n) is 2.97. The molecule has 1 aliphatic rings. The molecule has 1 aliphatic carbocycles. The zero-order chi connectivity index (χ0) is 9.14. The molecule has 1 saturated carbocycles. The van der Waals surface area contributed by atoms with Gasteiger partial charge < -0.3 is 14.9 Å². The zero-order valence-corrected chi connectivity index (χ0v) is 7.06. The summed E-state index contributed by atoms with van der Waals surface area (Å²) < 4.78 is 4.77. The highest BCUT2D eigenvalue weighted by Crippen LogP contribution is 2.46. The molecule has 1 rings (SSSR count). The normalized spacial score (nSPS) is 33.1. The monoisotopic (exact) mass is 174 g/mol. The summed E-state index contributed by atoms with van der Waals surface area (Å²) in [5.41, 5.74) is 0. The minimum absolute atomic E-state index is 0.0469. The molecule has 70 valence electrons. The van der Waals surface area contributed by atoms with Crippen molar-refractivity contribution in [1.29, 1.82) is 0 Å². The number of rotatable bonds is 4. The lowest BCUT2D eigenvalue weighted by Crippen LogP contribution is -2.09. The third-order valence-electron chi connectivity index (χ3n) is 2.31. The predicted molar refractivity (Wildman–Crippen MR) is 41.3 cm³/mol. The summed E-state index contributed by atoms with van der Waals surface area (Å²) in [6.07, 6.45) is 0. The molecule has 1 unspecified atom stereocenters. The van der Waals surface area contributed by atoms with Gasteiger partial charge in [-0.05, 0) is 6.92 Å². The molecular weight excluding hydrogens is 160 g/mol. The smallest absolute Gasteiger partial charge is 0.309 e. The summed E-state index contributed by atoms with van der Waals surface area (Å²) in [6, 6.07) is 0. The standard InChI is InChI=1S/C8H14O4/c1-2-12-8(11)7-5(3-9)6(7)4-10/h5-7,9-10H,2-4H2,1H3/t5-,6+,7?. The van der Waals surface area contributed by atoms with Crippen molar-refractivity contribution in [2.75, 3.05) is 19.8 Å². The molecule has 0 aromatic heterocycles. The molecule has 3 atom stereocenters. The summed E-state index contributed by atoms with van der Waals surface area (Å²) in [7, 11) is 0. The van der Waals surface area contributed by atoms with Gasteiger partial charge in [-0.15, -0.1) is 0 Å². The third kappa shape index (κ3) is 1.59. The highest BCUT2D eigenvalue weighted by Gasteiger charge is 2.54. The Morgan fingerprint density at radius 1 is 1.33 bits per heavy atom. The Morgan fingerprint density at radius 3 is 2.17 bits per heavy atom. The van der Waals surface area contributed by atoms with Crippen molar-refractivity contribution in [3.8, 4) is 0 Å². The van der Waals surface area contributed by atoms with E-state index in [9.17, 15) is 4.79 Å². The highest BCUT2D eigenvalue weighted by atomic mass is 16.5. The second-order valence-corrected chi connectivity index (χ2v) is 2.97. The predicted octanol–water partition coefficient (Wildman–Crippen LogP) is -0.604. The average Bonchev–Trinajstić information content (AvgIpc) is 2.77. The maximum Gasteiger partial charge on any atom is 0.309 e. The minimum atomic E-state index is -0.296. The molecule has 0 amide bonds. The van der Waals surface area contributed by atoms with Crippen LogP contribution in [0.15, 0.2) is 0 Å². The van der Waals surface area contributed by atoms with E-state index >= 15 is 0 Å². The number of esters is 1. The highest BCUT2D eigenvalue weighted by molar-refractivity contribution is 5.76. The van der Waals surface area contributed by atoms with E-state index < -0.39 is 0 Å². The topological polar surface area (TPSA) is 66.8 Å². The van der Waals surface area contributed by atoms with Crippen molar-refractivity contribution in [3.05, 3.63) is 0 Å². The van der Waals surface area contributed by atoms with Crippen LogP contribution in [0.4, 0.5) is 0 Å². The molecule has 2 N–H and O–H groups in total. The van der Waals surface area contributed by atoms with Gasteiger partial charge in [0.25, 0.3) is 0 Å². The van der Waals surface area contributed by atoms with E-state index in [0.29, 0.717) is 6.61 Å². The van der Waals surface area contributed by atoms with Crippen LogP contribution in [-0.4, -0.2) is 36.0 Å². The van der Waals surface area contributed by atoms with Gasteiger partial charge in [0.2, 0.25) is 0 Å². The van der Waals surface area contributed by atoms with E-state index in [-0.39, 0.29) is 36.9 Å². The molecule has 0 radical (unpaired) electrons. The van der Waals surface area contributed by atoms with Crippen molar-refractivity contribution >= 4 is 5.97 Å². The van der Waals surface area contributed by atoms with Crippen molar-refractivity contribution in [3.63, 3.8) is 0 Å². The molecule has 0 saturated heterocycles. The van der Waals surface area contributed by atoms with Crippen LogP contribution in [0.25, 0.3) is 0 Å². The molecule has 0 heterocycles. The van der Waals surface area contributed by atoms with Gasteiger partial charge in [0.05, 0.1) is 12.5 Å². The number of aliphatic hydroxyl groups excluding tert-OH is 2. The Hall–Kier alpha value is -0.610. The van der Waals surface area contributed by atoms with Crippen molar-refractivity contribution in [2.24, 2.45) is 17.8 Å². The molecule has 0 spiro atoms.